The maximum Gasteiger partial charge on any atom is 0.316 e. The Labute approximate surface area is 115 Å². The number of hydrogen-bond acceptors (Lipinski definition) is 3. The summed E-state index contributed by atoms with van der Waals surface area (Å²) in [7, 11) is 1.36. The summed E-state index contributed by atoms with van der Waals surface area (Å²) >= 11 is 2.42. The molecule has 0 aliphatic heterocycles. The molecule has 0 bridgehead atoms. The molecule has 1 unspecified atom stereocenters. The van der Waals surface area contributed by atoms with Gasteiger partial charge in [-0.1, -0.05) is 35.6 Å². The molecule has 2 aliphatic carbocycles. The lowest BCUT2D eigenvalue weighted by atomic mass is 9.59. The number of rotatable bonds is 1. The van der Waals surface area contributed by atoms with Crippen LogP contribution in [0.3, 0.4) is 0 Å². The van der Waals surface area contributed by atoms with Crippen LogP contribution in [0.5, 0.6) is 0 Å². The largest absolute Gasteiger partial charge is 0.468 e. The molecule has 2 aliphatic rings. The monoisotopic (exact) mass is 348 g/mol. The lowest BCUT2D eigenvalue weighted by molar-refractivity contribution is -0.153. The second kappa shape index (κ2) is 4.71. The van der Waals surface area contributed by atoms with E-state index in [1.165, 1.54) is 7.11 Å². The number of ketones is 1. The van der Waals surface area contributed by atoms with E-state index in [1.807, 2.05) is 6.08 Å². The number of alkyl halides is 1. The van der Waals surface area contributed by atoms with Crippen molar-refractivity contribution in [3.8, 4) is 0 Å². The molecule has 4 atom stereocenters. The molecule has 0 heterocycles. The lowest BCUT2D eigenvalue weighted by Crippen LogP contribution is -2.46. The van der Waals surface area contributed by atoms with Crippen molar-refractivity contribution in [1.29, 1.82) is 0 Å². The van der Waals surface area contributed by atoms with Crippen molar-refractivity contribution < 1.29 is 14.3 Å². The van der Waals surface area contributed by atoms with Gasteiger partial charge >= 0.3 is 5.97 Å². The van der Waals surface area contributed by atoms with Crippen molar-refractivity contribution in [2.75, 3.05) is 7.11 Å². The first kappa shape index (κ1) is 13.1. The highest BCUT2D eigenvalue weighted by Gasteiger charge is 2.49. The minimum atomic E-state index is -0.590. The Hall–Kier alpha value is -0.390. The van der Waals surface area contributed by atoms with Crippen LogP contribution in [0.1, 0.15) is 26.2 Å². The maximum absolute atomic E-state index is 11.9. The SMILES string of the molecule is COC(=O)C1C(=O)C=C[C@@]2(C)CC[C@H](I)C[C@@H]12. The molecule has 0 aromatic heterocycles. The highest BCUT2D eigenvalue weighted by molar-refractivity contribution is 14.1. The Morgan fingerprint density at radius 3 is 2.94 bits per heavy atom. The van der Waals surface area contributed by atoms with Crippen LogP contribution in [0.25, 0.3) is 0 Å². The van der Waals surface area contributed by atoms with E-state index in [0.29, 0.717) is 3.92 Å². The van der Waals surface area contributed by atoms with Crippen LogP contribution in [0, 0.1) is 17.3 Å². The summed E-state index contributed by atoms with van der Waals surface area (Å²) in [5.74, 6) is -0.957. The fourth-order valence-corrected chi connectivity index (χ4v) is 3.88. The summed E-state index contributed by atoms with van der Waals surface area (Å²) < 4.78 is 5.35. The molecule has 0 N–H and O–H groups in total. The molecular formula is C13H17IO3. The van der Waals surface area contributed by atoms with Crippen LogP contribution in [-0.2, 0) is 14.3 Å². The fourth-order valence-electron chi connectivity index (χ4n) is 3.02. The van der Waals surface area contributed by atoms with Gasteiger partial charge in [0.1, 0.15) is 5.92 Å². The van der Waals surface area contributed by atoms with Crippen molar-refractivity contribution in [3.63, 3.8) is 0 Å². The van der Waals surface area contributed by atoms with Gasteiger partial charge in [-0.3, -0.25) is 9.59 Å². The highest BCUT2D eigenvalue weighted by Crippen LogP contribution is 2.50. The standard InChI is InChI=1S/C13H17IO3/c1-13-5-3-8(14)7-9(13)11(12(16)17-2)10(15)4-6-13/h4,6,8-9,11H,3,5,7H2,1-2H3/t8-,9-,11?,13+/m0/s1. The number of hydrogen-bond donors (Lipinski definition) is 0. The fraction of sp³-hybridized carbons (Fsp3) is 0.692. The molecule has 1 saturated carbocycles. The topological polar surface area (TPSA) is 43.4 Å². The van der Waals surface area contributed by atoms with Crippen LogP contribution in [0.2, 0.25) is 0 Å². The highest BCUT2D eigenvalue weighted by atomic mass is 127. The van der Waals surface area contributed by atoms with Crippen LogP contribution in [0.15, 0.2) is 12.2 Å². The Balaban J connectivity index is 2.35. The average molecular weight is 348 g/mol. The lowest BCUT2D eigenvalue weighted by Gasteiger charge is -2.45. The summed E-state index contributed by atoms with van der Waals surface area (Å²) in [4.78, 5) is 23.7. The zero-order valence-electron chi connectivity index (χ0n) is 10.1. The van der Waals surface area contributed by atoms with Crippen LogP contribution >= 0.6 is 22.6 Å². The van der Waals surface area contributed by atoms with Gasteiger partial charge < -0.3 is 4.74 Å². The number of carbonyl (C=O) groups is 2. The van der Waals surface area contributed by atoms with Gasteiger partial charge in [0.2, 0.25) is 0 Å². The van der Waals surface area contributed by atoms with E-state index >= 15 is 0 Å². The molecule has 1 fully saturated rings. The van der Waals surface area contributed by atoms with Gasteiger partial charge in [0.15, 0.2) is 5.78 Å². The number of allylic oxidation sites excluding steroid dienone is 2. The molecule has 3 nitrogen and oxygen atoms in total. The van der Waals surface area contributed by atoms with Gasteiger partial charge in [-0.15, -0.1) is 0 Å². The average Bonchev–Trinajstić information content (AvgIpc) is 2.31. The Morgan fingerprint density at radius 1 is 1.59 bits per heavy atom. The van der Waals surface area contributed by atoms with E-state index in [4.69, 9.17) is 4.74 Å². The van der Waals surface area contributed by atoms with E-state index in [2.05, 4.69) is 29.5 Å². The van der Waals surface area contributed by atoms with Gasteiger partial charge in [-0.2, -0.15) is 0 Å². The van der Waals surface area contributed by atoms with Crippen molar-refractivity contribution in [3.05, 3.63) is 12.2 Å². The summed E-state index contributed by atoms with van der Waals surface area (Å²) in [6, 6.07) is 0. The zero-order chi connectivity index (χ0) is 12.6. The Kier molecular flexibility index (Phi) is 3.61. The molecule has 17 heavy (non-hydrogen) atoms. The first-order valence-corrected chi connectivity index (χ1v) is 7.17. The van der Waals surface area contributed by atoms with Crippen LogP contribution in [0.4, 0.5) is 0 Å². The molecule has 94 valence electrons. The van der Waals surface area contributed by atoms with Crippen molar-refractivity contribution in [2.24, 2.45) is 17.3 Å². The number of esters is 1. The maximum atomic E-state index is 11.9. The third kappa shape index (κ3) is 2.28. The molecule has 0 amide bonds. The van der Waals surface area contributed by atoms with Crippen molar-refractivity contribution in [2.45, 2.75) is 30.1 Å². The number of carbonyl (C=O) groups excluding carboxylic acids is 2. The summed E-state index contributed by atoms with van der Waals surface area (Å²) in [6.45, 7) is 2.15. The molecule has 0 aromatic carbocycles. The van der Waals surface area contributed by atoms with Gasteiger partial charge in [-0.05, 0) is 36.7 Å². The number of ether oxygens (including phenoxy) is 1. The molecular weight excluding hydrogens is 331 g/mol. The second-order valence-electron chi connectivity index (χ2n) is 5.22. The van der Waals surface area contributed by atoms with E-state index in [9.17, 15) is 9.59 Å². The molecule has 4 heteroatoms. The van der Waals surface area contributed by atoms with Crippen molar-refractivity contribution in [1.82, 2.24) is 0 Å². The smallest absolute Gasteiger partial charge is 0.316 e. The molecule has 0 radical (unpaired) electrons. The minimum Gasteiger partial charge on any atom is -0.468 e. The first-order chi connectivity index (χ1) is 7.98. The summed E-state index contributed by atoms with van der Waals surface area (Å²) in [5.41, 5.74) is -0.0194. The van der Waals surface area contributed by atoms with E-state index < -0.39 is 5.92 Å². The predicted molar refractivity (Wildman–Crippen MR) is 72.9 cm³/mol. The molecule has 0 aromatic rings. The third-order valence-electron chi connectivity index (χ3n) is 4.15. The first-order valence-electron chi connectivity index (χ1n) is 5.93. The van der Waals surface area contributed by atoms with Gasteiger partial charge in [0, 0.05) is 3.92 Å². The quantitative estimate of drug-likeness (QED) is 0.317. The predicted octanol–water partition coefficient (Wildman–Crippen LogP) is 2.52. The van der Waals surface area contributed by atoms with Crippen LogP contribution < -0.4 is 0 Å². The molecule has 2 rings (SSSR count). The Bertz CT molecular complexity index is 377. The summed E-state index contributed by atoms with van der Waals surface area (Å²) in [6.07, 6.45) is 6.70. The van der Waals surface area contributed by atoms with E-state index in [0.717, 1.165) is 19.3 Å². The van der Waals surface area contributed by atoms with E-state index in [-0.39, 0.29) is 23.1 Å². The van der Waals surface area contributed by atoms with Gasteiger partial charge in [-0.25, -0.2) is 0 Å². The van der Waals surface area contributed by atoms with E-state index in [1.54, 1.807) is 6.08 Å². The number of fused-ring (bicyclic) bond motifs is 1. The molecule has 0 spiro atoms. The molecule has 0 saturated heterocycles. The minimum absolute atomic E-state index is 0.0194. The number of halogens is 1. The Morgan fingerprint density at radius 2 is 2.29 bits per heavy atom. The van der Waals surface area contributed by atoms with Gasteiger partial charge in [0.05, 0.1) is 7.11 Å². The normalized spacial score (nSPS) is 40.9. The van der Waals surface area contributed by atoms with Crippen LogP contribution in [-0.4, -0.2) is 22.8 Å². The zero-order valence-corrected chi connectivity index (χ0v) is 12.3. The third-order valence-corrected chi connectivity index (χ3v) is 5.28. The van der Waals surface area contributed by atoms with Gasteiger partial charge in [0.25, 0.3) is 0 Å². The number of methoxy groups -OCH3 is 1. The van der Waals surface area contributed by atoms with Crippen molar-refractivity contribution >= 4 is 34.3 Å². The summed E-state index contributed by atoms with van der Waals surface area (Å²) in [5, 5.41) is 0. The second-order valence-corrected chi connectivity index (χ2v) is 6.98.